The summed E-state index contributed by atoms with van der Waals surface area (Å²) in [7, 11) is 0. The van der Waals surface area contributed by atoms with Crippen LogP contribution in [-0.4, -0.2) is 26.1 Å². The quantitative estimate of drug-likeness (QED) is 0.561. The molecule has 2 aromatic carbocycles. The van der Waals surface area contributed by atoms with E-state index in [-0.39, 0.29) is 17.1 Å². The summed E-state index contributed by atoms with van der Waals surface area (Å²) in [6.45, 7) is 1.65. The van der Waals surface area contributed by atoms with E-state index in [1.54, 1.807) is 37.3 Å². The van der Waals surface area contributed by atoms with E-state index in [2.05, 4.69) is 20.2 Å². The van der Waals surface area contributed by atoms with Crippen LogP contribution in [0.4, 0.5) is 0 Å². The smallest absolute Gasteiger partial charge is 0.360 e. The van der Waals surface area contributed by atoms with Crippen molar-refractivity contribution in [1.82, 2.24) is 20.2 Å². The minimum Gasteiger partial charge on any atom is -0.450 e. The molecule has 0 amide bonds. The molecule has 25 heavy (non-hydrogen) atoms. The highest BCUT2D eigenvalue weighted by atomic mass is 16.5. The highest BCUT2D eigenvalue weighted by Gasteiger charge is 2.20. The lowest BCUT2D eigenvalue weighted by Crippen LogP contribution is -2.17. The zero-order valence-electron chi connectivity index (χ0n) is 13.3. The molecule has 124 valence electrons. The molecule has 0 saturated heterocycles. The minimum atomic E-state index is -0.722. The second-order valence-electron chi connectivity index (χ2n) is 5.63. The first kappa shape index (κ1) is 15.1. The summed E-state index contributed by atoms with van der Waals surface area (Å²) in [6, 6.07) is 14.3. The number of benzene rings is 2. The number of hydrogen-bond donors (Lipinski definition) is 2. The fourth-order valence-corrected chi connectivity index (χ4v) is 2.69. The number of ether oxygens (including phenoxy) is 1. The number of esters is 1. The normalized spacial score (nSPS) is 12.4. The van der Waals surface area contributed by atoms with E-state index in [1.165, 1.54) is 0 Å². The highest BCUT2D eigenvalue weighted by Crippen LogP contribution is 2.20. The molecular weight excluding hydrogens is 320 g/mol. The van der Waals surface area contributed by atoms with E-state index in [0.29, 0.717) is 16.3 Å². The van der Waals surface area contributed by atoms with Crippen LogP contribution in [0, 0.1) is 0 Å². The lowest BCUT2D eigenvalue weighted by Gasteiger charge is -2.12. The van der Waals surface area contributed by atoms with Gasteiger partial charge in [0.05, 0.1) is 16.4 Å². The number of H-pyrrole nitrogens is 2. The zero-order chi connectivity index (χ0) is 17.4. The molecule has 0 aliphatic rings. The summed E-state index contributed by atoms with van der Waals surface area (Å²) < 4.78 is 5.44. The molecule has 0 saturated carbocycles. The summed E-state index contributed by atoms with van der Waals surface area (Å²) in [5.41, 5.74) is 1.23. The van der Waals surface area contributed by atoms with Crippen LogP contribution in [0.15, 0.2) is 53.3 Å². The SMILES string of the molecule is C[C@@H](OC(=O)c1n[nH]c2ccccc12)c1nc2ccccc2c(=O)[nH]1. The molecule has 0 aliphatic carbocycles. The Labute approximate surface area is 141 Å². The minimum absolute atomic E-state index is 0.200. The third-order valence-electron chi connectivity index (χ3n) is 3.96. The Morgan fingerprint density at radius 3 is 2.64 bits per heavy atom. The molecule has 4 rings (SSSR count). The van der Waals surface area contributed by atoms with Crippen LogP contribution in [0.3, 0.4) is 0 Å². The third kappa shape index (κ3) is 2.65. The van der Waals surface area contributed by atoms with Crippen molar-refractivity contribution in [3.8, 4) is 0 Å². The summed E-state index contributed by atoms with van der Waals surface area (Å²) in [5.74, 6) is -0.294. The van der Waals surface area contributed by atoms with Gasteiger partial charge < -0.3 is 9.72 Å². The van der Waals surface area contributed by atoms with Crippen LogP contribution in [0.5, 0.6) is 0 Å². The number of carbonyl (C=O) groups excluding carboxylic acids is 1. The van der Waals surface area contributed by atoms with E-state index in [9.17, 15) is 9.59 Å². The molecule has 0 radical (unpaired) electrons. The molecule has 7 nitrogen and oxygen atoms in total. The second kappa shape index (κ2) is 5.86. The van der Waals surface area contributed by atoms with Crippen molar-refractivity contribution in [2.45, 2.75) is 13.0 Å². The molecule has 4 aromatic rings. The van der Waals surface area contributed by atoms with Gasteiger partial charge in [0.25, 0.3) is 5.56 Å². The lowest BCUT2D eigenvalue weighted by molar-refractivity contribution is 0.0315. The maximum atomic E-state index is 12.4. The number of para-hydroxylation sites is 2. The topological polar surface area (TPSA) is 101 Å². The van der Waals surface area contributed by atoms with Gasteiger partial charge in [0, 0.05) is 5.39 Å². The number of nitrogens with one attached hydrogen (secondary N) is 2. The zero-order valence-corrected chi connectivity index (χ0v) is 13.3. The average molecular weight is 334 g/mol. The van der Waals surface area contributed by atoms with Crippen molar-refractivity contribution in [2.75, 3.05) is 0 Å². The Bertz CT molecular complexity index is 1150. The van der Waals surface area contributed by atoms with Crippen LogP contribution < -0.4 is 5.56 Å². The maximum Gasteiger partial charge on any atom is 0.360 e. The maximum absolute atomic E-state index is 12.4. The summed E-state index contributed by atoms with van der Waals surface area (Å²) >= 11 is 0. The van der Waals surface area contributed by atoms with Gasteiger partial charge >= 0.3 is 5.97 Å². The summed E-state index contributed by atoms with van der Waals surface area (Å²) in [5, 5.41) is 7.98. The molecule has 0 unspecified atom stereocenters. The third-order valence-corrected chi connectivity index (χ3v) is 3.96. The lowest BCUT2D eigenvalue weighted by atomic mass is 10.2. The predicted molar refractivity (Wildman–Crippen MR) is 92.3 cm³/mol. The molecule has 2 N–H and O–H groups in total. The number of rotatable bonds is 3. The average Bonchev–Trinajstić information content (AvgIpc) is 3.06. The molecule has 0 fully saturated rings. The van der Waals surface area contributed by atoms with E-state index < -0.39 is 12.1 Å². The van der Waals surface area contributed by atoms with E-state index in [0.717, 1.165) is 5.52 Å². The predicted octanol–water partition coefficient (Wildman–Crippen LogP) is 2.72. The first-order valence-corrected chi connectivity index (χ1v) is 7.76. The van der Waals surface area contributed by atoms with Crippen molar-refractivity contribution in [2.24, 2.45) is 0 Å². The molecular formula is C18H14N4O3. The molecule has 2 aromatic heterocycles. The van der Waals surface area contributed by atoms with Crippen LogP contribution in [0.1, 0.15) is 29.3 Å². The fraction of sp³-hybridized carbons (Fsp3) is 0.111. The van der Waals surface area contributed by atoms with E-state index in [4.69, 9.17) is 4.74 Å². The van der Waals surface area contributed by atoms with Crippen LogP contribution >= 0.6 is 0 Å². The van der Waals surface area contributed by atoms with Crippen LogP contribution in [0.25, 0.3) is 21.8 Å². The first-order valence-electron chi connectivity index (χ1n) is 7.76. The Kier molecular flexibility index (Phi) is 3.53. The van der Waals surface area contributed by atoms with Gasteiger partial charge in [-0.1, -0.05) is 30.3 Å². The number of aromatic amines is 2. The number of nitrogens with zero attached hydrogens (tertiary/aromatic N) is 2. The molecule has 0 bridgehead atoms. The molecule has 0 aliphatic heterocycles. The largest absolute Gasteiger partial charge is 0.450 e. The fourth-order valence-electron chi connectivity index (χ4n) is 2.69. The van der Waals surface area contributed by atoms with Gasteiger partial charge in [-0.15, -0.1) is 0 Å². The van der Waals surface area contributed by atoms with Gasteiger partial charge in [-0.25, -0.2) is 9.78 Å². The van der Waals surface area contributed by atoms with E-state index >= 15 is 0 Å². The van der Waals surface area contributed by atoms with Crippen molar-refractivity contribution in [3.63, 3.8) is 0 Å². The number of carbonyl (C=O) groups is 1. The monoisotopic (exact) mass is 334 g/mol. The Balaban J connectivity index is 1.64. The van der Waals surface area contributed by atoms with Crippen molar-refractivity contribution < 1.29 is 9.53 Å². The van der Waals surface area contributed by atoms with E-state index in [1.807, 2.05) is 18.2 Å². The van der Waals surface area contributed by atoms with Gasteiger partial charge in [0.2, 0.25) is 0 Å². The van der Waals surface area contributed by atoms with Gasteiger partial charge in [-0.2, -0.15) is 5.10 Å². The van der Waals surface area contributed by atoms with Crippen molar-refractivity contribution in [1.29, 1.82) is 0 Å². The molecule has 0 spiro atoms. The molecule has 1 atom stereocenters. The van der Waals surface area contributed by atoms with Crippen LogP contribution in [-0.2, 0) is 4.74 Å². The summed E-state index contributed by atoms with van der Waals surface area (Å²) in [4.78, 5) is 31.6. The first-order chi connectivity index (χ1) is 12.1. The Morgan fingerprint density at radius 2 is 1.80 bits per heavy atom. The molecule has 7 heteroatoms. The number of fused-ring (bicyclic) bond motifs is 2. The number of hydrogen-bond acceptors (Lipinski definition) is 5. The summed E-state index contributed by atoms with van der Waals surface area (Å²) in [6.07, 6.45) is -0.722. The second-order valence-corrected chi connectivity index (χ2v) is 5.63. The Hall–Kier alpha value is -3.48. The van der Waals surface area contributed by atoms with Gasteiger partial charge in [0.15, 0.2) is 17.6 Å². The van der Waals surface area contributed by atoms with Gasteiger partial charge in [-0.05, 0) is 25.1 Å². The van der Waals surface area contributed by atoms with Crippen LogP contribution in [0.2, 0.25) is 0 Å². The van der Waals surface area contributed by atoms with Crippen molar-refractivity contribution >= 4 is 27.8 Å². The van der Waals surface area contributed by atoms with Gasteiger partial charge in [0.1, 0.15) is 0 Å². The van der Waals surface area contributed by atoms with Crippen molar-refractivity contribution in [3.05, 3.63) is 70.4 Å². The van der Waals surface area contributed by atoms with Gasteiger partial charge in [-0.3, -0.25) is 9.89 Å². The Morgan fingerprint density at radius 1 is 1.08 bits per heavy atom. The number of aromatic nitrogens is 4. The molecule has 2 heterocycles. The standard InChI is InChI=1S/C18H14N4O3/c1-10(16-19-13-8-4-3-7-12(13)17(23)20-16)25-18(24)15-11-6-2-5-9-14(11)21-22-15/h2-10H,1H3,(H,21,22)(H,19,20,23)/t10-/m1/s1. The highest BCUT2D eigenvalue weighted by molar-refractivity contribution is 6.01.